The summed E-state index contributed by atoms with van der Waals surface area (Å²) < 4.78 is 5.19. The number of benzene rings is 1. The van der Waals surface area contributed by atoms with E-state index < -0.39 is 5.91 Å². The molecule has 1 saturated heterocycles. The van der Waals surface area contributed by atoms with Crippen molar-refractivity contribution in [3.8, 4) is 11.9 Å². The Labute approximate surface area is 146 Å². The number of methoxy groups -OCH3 is 1. The molecule has 0 aliphatic carbocycles. The number of nitriles is 1. The summed E-state index contributed by atoms with van der Waals surface area (Å²) in [7, 11) is 1.52. The molecule has 1 aliphatic heterocycles. The molecule has 6 heteroatoms. The van der Waals surface area contributed by atoms with Crippen LogP contribution >= 0.6 is 0 Å². The van der Waals surface area contributed by atoms with Gasteiger partial charge in [0.15, 0.2) is 0 Å². The monoisotopic (exact) mass is 336 g/mol. The van der Waals surface area contributed by atoms with Gasteiger partial charge in [-0.05, 0) is 42.5 Å². The number of aromatic nitrogens is 1. The molecule has 1 aromatic heterocycles. The molecule has 0 bridgehead atoms. The molecule has 0 spiro atoms. The van der Waals surface area contributed by atoms with Crippen molar-refractivity contribution >= 4 is 11.6 Å². The van der Waals surface area contributed by atoms with Crippen LogP contribution < -0.4 is 15.4 Å². The number of rotatable bonds is 5. The lowest BCUT2D eigenvalue weighted by atomic mass is 9.97. The first kappa shape index (κ1) is 16.8. The largest absolute Gasteiger partial charge is 0.480 e. The molecule has 25 heavy (non-hydrogen) atoms. The van der Waals surface area contributed by atoms with E-state index in [0.717, 1.165) is 37.2 Å². The summed E-state index contributed by atoms with van der Waals surface area (Å²) in [5.41, 5.74) is 8.34. The van der Waals surface area contributed by atoms with Gasteiger partial charge in [0.1, 0.15) is 11.6 Å². The van der Waals surface area contributed by atoms with E-state index in [1.165, 1.54) is 7.11 Å². The van der Waals surface area contributed by atoms with E-state index in [2.05, 4.69) is 16.0 Å². The van der Waals surface area contributed by atoms with Gasteiger partial charge in [-0.2, -0.15) is 5.26 Å². The fraction of sp³-hybridized carbons (Fsp3) is 0.316. The molecule has 1 amide bonds. The molecule has 0 radical (unpaired) electrons. The molecular weight excluding hydrogens is 316 g/mol. The van der Waals surface area contributed by atoms with Crippen LogP contribution in [0.3, 0.4) is 0 Å². The quantitative estimate of drug-likeness (QED) is 0.903. The third-order valence-corrected chi connectivity index (χ3v) is 4.56. The Hall–Kier alpha value is -3.07. The van der Waals surface area contributed by atoms with Gasteiger partial charge in [0.25, 0.3) is 0 Å². The molecule has 128 valence electrons. The standard InChI is InChI=1S/C19H20N4O2/c1-25-19-16(11-20)17(5-7-22-19)23-8-6-14(12-23)9-13-3-2-4-15(10-13)18(21)24/h2-5,7,10,14H,6,8-9,12H2,1H3,(H2,21,24)/t14-/m1/s1. The molecule has 1 fully saturated rings. The second-order valence-corrected chi connectivity index (χ2v) is 6.20. The summed E-state index contributed by atoms with van der Waals surface area (Å²) in [4.78, 5) is 17.6. The average Bonchev–Trinajstić information content (AvgIpc) is 3.09. The number of hydrogen-bond acceptors (Lipinski definition) is 5. The SMILES string of the molecule is COc1nccc(N2CC[C@H](Cc3cccc(C(N)=O)c3)C2)c1C#N. The van der Waals surface area contributed by atoms with Crippen LogP contribution in [0.2, 0.25) is 0 Å². The second kappa shape index (κ2) is 7.22. The van der Waals surface area contributed by atoms with Crippen molar-refractivity contribution in [1.29, 1.82) is 5.26 Å². The van der Waals surface area contributed by atoms with Crippen LogP contribution in [0.25, 0.3) is 0 Å². The highest BCUT2D eigenvalue weighted by atomic mass is 16.5. The van der Waals surface area contributed by atoms with E-state index in [0.29, 0.717) is 22.9 Å². The minimum Gasteiger partial charge on any atom is -0.480 e. The molecule has 6 nitrogen and oxygen atoms in total. The highest BCUT2D eigenvalue weighted by Crippen LogP contribution is 2.31. The van der Waals surface area contributed by atoms with Crippen LogP contribution in [0.1, 0.15) is 27.9 Å². The zero-order chi connectivity index (χ0) is 17.8. The Morgan fingerprint density at radius 1 is 1.48 bits per heavy atom. The van der Waals surface area contributed by atoms with Crippen molar-refractivity contribution < 1.29 is 9.53 Å². The average molecular weight is 336 g/mol. The van der Waals surface area contributed by atoms with Crippen molar-refractivity contribution in [2.75, 3.05) is 25.1 Å². The fourth-order valence-corrected chi connectivity index (χ4v) is 3.36. The van der Waals surface area contributed by atoms with Crippen LogP contribution in [-0.2, 0) is 6.42 Å². The normalized spacial score (nSPS) is 16.5. The Kier molecular flexibility index (Phi) is 4.85. The number of amides is 1. The zero-order valence-electron chi connectivity index (χ0n) is 14.1. The van der Waals surface area contributed by atoms with Gasteiger partial charge >= 0.3 is 0 Å². The summed E-state index contributed by atoms with van der Waals surface area (Å²) in [6, 6.07) is 11.5. The molecule has 3 rings (SSSR count). The Morgan fingerprint density at radius 3 is 3.04 bits per heavy atom. The number of pyridine rings is 1. The van der Waals surface area contributed by atoms with Gasteiger partial charge in [0, 0.05) is 24.8 Å². The summed E-state index contributed by atoms with van der Waals surface area (Å²) in [5.74, 6) is 0.406. The van der Waals surface area contributed by atoms with E-state index in [-0.39, 0.29) is 0 Å². The third kappa shape index (κ3) is 3.56. The second-order valence-electron chi connectivity index (χ2n) is 6.20. The molecular formula is C19H20N4O2. The van der Waals surface area contributed by atoms with E-state index in [1.54, 1.807) is 12.3 Å². The van der Waals surface area contributed by atoms with E-state index >= 15 is 0 Å². The Morgan fingerprint density at radius 2 is 2.32 bits per heavy atom. The fourth-order valence-electron chi connectivity index (χ4n) is 3.36. The molecule has 0 saturated carbocycles. The summed E-state index contributed by atoms with van der Waals surface area (Å²) in [6.07, 6.45) is 3.57. The van der Waals surface area contributed by atoms with Gasteiger partial charge in [-0.25, -0.2) is 4.98 Å². The van der Waals surface area contributed by atoms with Crippen molar-refractivity contribution in [3.05, 3.63) is 53.2 Å². The number of nitrogens with zero attached hydrogens (tertiary/aromatic N) is 3. The zero-order valence-corrected chi connectivity index (χ0v) is 14.1. The molecule has 2 aromatic rings. The van der Waals surface area contributed by atoms with Gasteiger partial charge in [-0.15, -0.1) is 0 Å². The first-order chi connectivity index (χ1) is 12.1. The number of anilines is 1. The van der Waals surface area contributed by atoms with Crippen LogP contribution in [0, 0.1) is 17.2 Å². The van der Waals surface area contributed by atoms with E-state index in [1.807, 2.05) is 24.3 Å². The van der Waals surface area contributed by atoms with Crippen molar-refractivity contribution in [2.24, 2.45) is 11.7 Å². The van der Waals surface area contributed by atoms with Crippen molar-refractivity contribution in [1.82, 2.24) is 4.98 Å². The summed E-state index contributed by atoms with van der Waals surface area (Å²) >= 11 is 0. The van der Waals surface area contributed by atoms with Gasteiger partial charge in [-0.3, -0.25) is 4.79 Å². The highest BCUT2D eigenvalue weighted by Gasteiger charge is 2.26. The Bertz CT molecular complexity index is 828. The van der Waals surface area contributed by atoms with Crippen LogP contribution in [0.4, 0.5) is 5.69 Å². The van der Waals surface area contributed by atoms with Gasteiger partial charge in [-0.1, -0.05) is 12.1 Å². The van der Waals surface area contributed by atoms with Crippen LogP contribution in [0.5, 0.6) is 5.88 Å². The Balaban J connectivity index is 1.74. The van der Waals surface area contributed by atoms with Crippen molar-refractivity contribution in [2.45, 2.75) is 12.8 Å². The number of carbonyl (C=O) groups is 1. The topological polar surface area (TPSA) is 92.2 Å². The summed E-state index contributed by atoms with van der Waals surface area (Å²) in [5, 5.41) is 9.43. The lowest BCUT2D eigenvalue weighted by molar-refractivity contribution is 0.1000. The number of ether oxygens (including phenoxy) is 1. The van der Waals surface area contributed by atoms with Gasteiger partial charge in [0.2, 0.25) is 11.8 Å². The van der Waals surface area contributed by atoms with Gasteiger partial charge < -0.3 is 15.4 Å². The predicted octanol–water partition coefficient (Wildman–Crippen LogP) is 2.13. The molecule has 0 unspecified atom stereocenters. The first-order valence-electron chi connectivity index (χ1n) is 8.19. The minimum atomic E-state index is -0.405. The number of hydrogen-bond donors (Lipinski definition) is 1. The predicted molar refractivity (Wildman–Crippen MR) is 94.5 cm³/mol. The maximum atomic E-state index is 11.3. The number of carbonyl (C=O) groups excluding carboxylic acids is 1. The third-order valence-electron chi connectivity index (χ3n) is 4.56. The maximum Gasteiger partial charge on any atom is 0.248 e. The van der Waals surface area contributed by atoms with E-state index in [9.17, 15) is 10.1 Å². The smallest absolute Gasteiger partial charge is 0.248 e. The lowest BCUT2D eigenvalue weighted by Crippen LogP contribution is -2.21. The molecule has 2 N–H and O–H groups in total. The minimum absolute atomic E-state index is 0.359. The lowest BCUT2D eigenvalue weighted by Gasteiger charge is -2.20. The summed E-state index contributed by atoms with van der Waals surface area (Å²) in [6.45, 7) is 1.73. The van der Waals surface area contributed by atoms with Gasteiger partial charge in [0.05, 0.1) is 12.8 Å². The molecule has 2 heterocycles. The molecule has 1 aliphatic rings. The van der Waals surface area contributed by atoms with Crippen LogP contribution in [-0.4, -0.2) is 31.1 Å². The number of primary amides is 1. The maximum absolute atomic E-state index is 11.3. The van der Waals surface area contributed by atoms with E-state index in [4.69, 9.17) is 10.5 Å². The number of nitrogens with two attached hydrogens (primary N) is 1. The first-order valence-corrected chi connectivity index (χ1v) is 8.19. The highest BCUT2D eigenvalue weighted by molar-refractivity contribution is 5.92. The van der Waals surface area contributed by atoms with Crippen LogP contribution in [0.15, 0.2) is 36.5 Å². The molecule has 1 aromatic carbocycles. The molecule has 1 atom stereocenters. The van der Waals surface area contributed by atoms with Crippen molar-refractivity contribution in [3.63, 3.8) is 0 Å².